The first-order valence-electron chi connectivity index (χ1n) is 8.83. The number of carbonyl (C=O) groups is 2. The van der Waals surface area contributed by atoms with Gasteiger partial charge >= 0.3 is 0 Å². The highest BCUT2D eigenvalue weighted by Gasteiger charge is 2.23. The molecule has 4 rings (SSSR count). The molecule has 0 saturated carbocycles. The molecule has 1 amide bonds. The standard InChI is InChI=1S/C22H15BrClNO4/c23-14-5-3-4-13(10-14)22(27)25-18-12-20-19(28-8-9-29-20)11-16(18)21(26)15-6-1-2-7-17(15)24/h1-7,10-12H,8-9H2,(H,25,27). The topological polar surface area (TPSA) is 64.6 Å². The minimum atomic E-state index is -0.351. The number of rotatable bonds is 4. The molecule has 146 valence electrons. The van der Waals surface area contributed by atoms with Gasteiger partial charge in [-0.2, -0.15) is 0 Å². The van der Waals surface area contributed by atoms with Crippen LogP contribution in [0.3, 0.4) is 0 Å². The highest BCUT2D eigenvalue weighted by molar-refractivity contribution is 9.10. The lowest BCUT2D eigenvalue weighted by Crippen LogP contribution is -2.19. The van der Waals surface area contributed by atoms with Crippen LogP contribution in [0.2, 0.25) is 5.02 Å². The van der Waals surface area contributed by atoms with Crippen LogP contribution in [0.1, 0.15) is 26.3 Å². The molecule has 0 aliphatic carbocycles. The van der Waals surface area contributed by atoms with Crippen molar-refractivity contribution in [2.45, 2.75) is 0 Å². The van der Waals surface area contributed by atoms with Crippen LogP contribution in [-0.2, 0) is 0 Å². The smallest absolute Gasteiger partial charge is 0.255 e. The Bertz CT molecular complexity index is 1120. The number of halogens is 2. The number of anilines is 1. The Kier molecular flexibility index (Phi) is 5.56. The Balaban J connectivity index is 1.76. The molecule has 1 N–H and O–H groups in total. The van der Waals surface area contributed by atoms with Gasteiger partial charge in [-0.1, -0.05) is 45.7 Å². The van der Waals surface area contributed by atoms with E-state index >= 15 is 0 Å². The summed E-state index contributed by atoms with van der Waals surface area (Å²) in [5.74, 6) is 0.247. The first kappa shape index (κ1) is 19.5. The van der Waals surface area contributed by atoms with E-state index in [-0.39, 0.29) is 17.3 Å². The number of ether oxygens (including phenoxy) is 2. The lowest BCUT2D eigenvalue weighted by Gasteiger charge is -2.21. The van der Waals surface area contributed by atoms with Crippen LogP contribution >= 0.6 is 27.5 Å². The molecule has 5 nitrogen and oxygen atoms in total. The van der Waals surface area contributed by atoms with Crippen molar-refractivity contribution in [3.63, 3.8) is 0 Å². The van der Waals surface area contributed by atoms with E-state index in [1.165, 1.54) is 0 Å². The van der Waals surface area contributed by atoms with Crippen LogP contribution in [0.15, 0.2) is 65.1 Å². The summed E-state index contributed by atoms with van der Waals surface area (Å²) in [7, 11) is 0. The maximum absolute atomic E-state index is 13.2. The SMILES string of the molecule is O=C(Nc1cc2c(cc1C(=O)c1ccccc1Cl)OCCO2)c1cccc(Br)c1. The van der Waals surface area contributed by atoms with Crippen molar-refractivity contribution < 1.29 is 19.1 Å². The summed E-state index contributed by atoms with van der Waals surface area (Å²) >= 11 is 9.57. The Labute approximate surface area is 180 Å². The normalized spacial score (nSPS) is 12.3. The number of amides is 1. The fourth-order valence-electron chi connectivity index (χ4n) is 2.99. The molecule has 7 heteroatoms. The molecule has 3 aromatic rings. The van der Waals surface area contributed by atoms with Crippen LogP contribution in [0.25, 0.3) is 0 Å². The average molecular weight is 473 g/mol. The number of hydrogen-bond acceptors (Lipinski definition) is 4. The van der Waals surface area contributed by atoms with Gasteiger partial charge in [-0.15, -0.1) is 0 Å². The van der Waals surface area contributed by atoms with Crippen molar-refractivity contribution in [1.29, 1.82) is 0 Å². The van der Waals surface area contributed by atoms with Gasteiger partial charge in [0.1, 0.15) is 13.2 Å². The third-order valence-corrected chi connectivity index (χ3v) is 5.20. The maximum Gasteiger partial charge on any atom is 0.255 e. The monoisotopic (exact) mass is 471 g/mol. The van der Waals surface area contributed by atoms with E-state index in [0.29, 0.717) is 46.5 Å². The molecule has 0 unspecified atom stereocenters. The van der Waals surface area contributed by atoms with E-state index in [0.717, 1.165) is 4.47 Å². The minimum Gasteiger partial charge on any atom is -0.486 e. The molecule has 0 aromatic heterocycles. The van der Waals surface area contributed by atoms with Crippen LogP contribution in [0.4, 0.5) is 5.69 Å². The second-order valence-electron chi connectivity index (χ2n) is 6.31. The van der Waals surface area contributed by atoms with E-state index < -0.39 is 0 Å². The van der Waals surface area contributed by atoms with Gasteiger partial charge in [-0.25, -0.2) is 0 Å². The molecule has 1 aliphatic heterocycles. The summed E-state index contributed by atoms with van der Waals surface area (Å²) < 4.78 is 12.0. The van der Waals surface area contributed by atoms with Gasteiger partial charge in [0, 0.05) is 21.7 Å². The summed E-state index contributed by atoms with van der Waals surface area (Å²) in [6.45, 7) is 0.778. The van der Waals surface area contributed by atoms with Crippen molar-refractivity contribution >= 4 is 44.9 Å². The van der Waals surface area contributed by atoms with Crippen molar-refractivity contribution in [3.8, 4) is 11.5 Å². The zero-order valence-electron chi connectivity index (χ0n) is 15.1. The zero-order chi connectivity index (χ0) is 20.4. The predicted molar refractivity (Wildman–Crippen MR) is 114 cm³/mol. The van der Waals surface area contributed by atoms with Crippen LogP contribution in [0, 0.1) is 0 Å². The van der Waals surface area contributed by atoms with Gasteiger partial charge in [-0.05, 0) is 36.4 Å². The quantitative estimate of drug-likeness (QED) is 0.519. The number of ketones is 1. The molecule has 0 spiro atoms. The molecule has 1 heterocycles. The summed E-state index contributed by atoms with van der Waals surface area (Å²) in [4.78, 5) is 26.0. The number of nitrogens with one attached hydrogen (secondary N) is 1. The van der Waals surface area contributed by atoms with Gasteiger partial charge < -0.3 is 14.8 Å². The molecule has 0 radical (unpaired) electrons. The third kappa shape index (κ3) is 4.13. The molecule has 0 bridgehead atoms. The van der Waals surface area contributed by atoms with E-state index in [1.54, 1.807) is 54.6 Å². The van der Waals surface area contributed by atoms with Gasteiger partial charge in [0.25, 0.3) is 5.91 Å². The van der Waals surface area contributed by atoms with Gasteiger partial charge in [0.05, 0.1) is 16.3 Å². The second kappa shape index (κ2) is 8.27. The fraction of sp³-hybridized carbons (Fsp3) is 0.0909. The van der Waals surface area contributed by atoms with Crippen molar-refractivity contribution in [1.82, 2.24) is 0 Å². The Hall–Kier alpha value is -2.83. The fourth-order valence-corrected chi connectivity index (χ4v) is 3.62. The molecule has 0 fully saturated rings. The van der Waals surface area contributed by atoms with Crippen molar-refractivity contribution in [2.75, 3.05) is 18.5 Å². The number of fused-ring (bicyclic) bond motifs is 1. The van der Waals surface area contributed by atoms with Crippen LogP contribution in [0.5, 0.6) is 11.5 Å². The van der Waals surface area contributed by atoms with Crippen molar-refractivity contribution in [3.05, 3.63) is 86.8 Å². The largest absolute Gasteiger partial charge is 0.486 e. The molecule has 29 heavy (non-hydrogen) atoms. The molecular weight excluding hydrogens is 458 g/mol. The first-order valence-corrected chi connectivity index (χ1v) is 10.00. The minimum absolute atomic E-state index is 0.269. The summed E-state index contributed by atoms with van der Waals surface area (Å²) in [5.41, 5.74) is 1.38. The number of carbonyl (C=O) groups excluding carboxylic acids is 2. The van der Waals surface area contributed by atoms with Gasteiger partial charge in [0.15, 0.2) is 17.3 Å². The molecule has 0 atom stereocenters. The van der Waals surface area contributed by atoms with Gasteiger partial charge in [0.2, 0.25) is 0 Å². The molecule has 0 saturated heterocycles. The Morgan fingerprint density at radius 3 is 2.34 bits per heavy atom. The van der Waals surface area contributed by atoms with E-state index in [1.807, 2.05) is 6.07 Å². The summed E-state index contributed by atoms with van der Waals surface area (Å²) in [5, 5.41) is 3.15. The maximum atomic E-state index is 13.2. The Morgan fingerprint density at radius 1 is 0.897 bits per heavy atom. The molecular formula is C22H15BrClNO4. The van der Waals surface area contributed by atoms with E-state index in [2.05, 4.69) is 21.2 Å². The first-order chi connectivity index (χ1) is 14.0. The van der Waals surface area contributed by atoms with E-state index in [9.17, 15) is 9.59 Å². The molecule has 3 aromatic carbocycles. The Morgan fingerprint density at radius 2 is 1.62 bits per heavy atom. The average Bonchev–Trinajstić information content (AvgIpc) is 2.73. The van der Waals surface area contributed by atoms with Crippen LogP contribution < -0.4 is 14.8 Å². The predicted octanol–water partition coefficient (Wildman–Crippen LogP) is 5.36. The third-order valence-electron chi connectivity index (χ3n) is 4.38. The van der Waals surface area contributed by atoms with Gasteiger partial charge in [-0.3, -0.25) is 9.59 Å². The lowest BCUT2D eigenvalue weighted by atomic mass is 10.00. The number of benzene rings is 3. The summed E-state index contributed by atoms with van der Waals surface area (Å²) in [6.07, 6.45) is 0. The van der Waals surface area contributed by atoms with Crippen LogP contribution in [-0.4, -0.2) is 24.9 Å². The van der Waals surface area contributed by atoms with Crippen molar-refractivity contribution in [2.24, 2.45) is 0 Å². The number of hydrogen-bond donors (Lipinski definition) is 1. The highest BCUT2D eigenvalue weighted by Crippen LogP contribution is 2.37. The van der Waals surface area contributed by atoms with E-state index in [4.69, 9.17) is 21.1 Å². The highest BCUT2D eigenvalue weighted by atomic mass is 79.9. The second-order valence-corrected chi connectivity index (χ2v) is 7.64. The lowest BCUT2D eigenvalue weighted by molar-refractivity contribution is 0.102. The zero-order valence-corrected chi connectivity index (χ0v) is 17.4. The molecule has 1 aliphatic rings. The summed E-state index contributed by atoms with van der Waals surface area (Å²) in [6, 6.07) is 16.9.